The number of hydrogen-bond donors (Lipinski definition) is 1. The smallest absolute Gasteiger partial charge is 0.243 e. The lowest BCUT2D eigenvalue weighted by Gasteiger charge is -2.18. The number of aromatic nitrogens is 2. The van der Waals surface area contributed by atoms with Crippen LogP contribution >= 0.6 is 23.2 Å². The van der Waals surface area contributed by atoms with Crippen molar-refractivity contribution < 1.29 is 8.42 Å². The van der Waals surface area contributed by atoms with Gasteiger partial charge in [0.2, 0.25) is 10.0 Å². The molecule has 1 aromatic heterocycles. The van der Waals surface area contributed by atoms with Crippen molar-refractivity contribution in [3.8, 4) is 0 Å². The number of benzene rings is 2. The molecular weight excluding hydrogens is 457 g/mol. The molecule has 10 heteroatoms. The Morgan fingerprint density at radius 3 is 2.45 bits per heavy atom. The molecule has 0 spiro atoms. The van der Waals surface area contributed by atoms with Gasteiger partial charge in [0.05, 0.1) is 27.0 Å². The van der Waals surface area contributed by atoms with Crippen LogP contribution in [-0.2, 0) is 16.6 Å². The van der Waals surface area contributed by atoms with Gasteiger partial charge in [-0.05, 0) is 57.4 Å². The Kier molecular flexibility index (Phi) is 7.72. The number of nitrogens with zero attached hydrogens (tertiary/aromatic N) is 4. The fraction of sp³-hybridized carbons (Fsp3) is 0.333. The van der Waals surface area contributed by atoms with E-state index in [0.717, 1.165) is 30.4 Å². The van der Waals surface area contributed by atoms with E-state index in [-0.39, 0.29) is 16.5 Å². The highest BCUT2D eigenvalue weighted by molar-refractivity contribution is 7.89. The van der Waals surface area contributed by atoms with Gasteiger partial charge in [-0.2, -0.15) is 4.31 Å². The molecule has 0 unspecified atom stereocenters. The number of anilines is 1. The molecule has 0 aliphatic heterocycles. The average Bonchev–Trinajstić information content (AvgIpc) is 2.72. The van der Waals surface area contributed by atoms with Crippen LogP contribution in [-0.4, -0.2) is 61.8 Å². The summed E-state index contributed by atoms with van der Waals surface area (Å²) >= 11 is 11.9. The largest absolute Gasteiger partial charge is 0.369 e. The van der Waals surface area contributed by atoms with Gasteiger partial charge in [-0.25, -0.2) is 18.4 Å². The second-order valence-corrected chi connectivity index (χ2v) is 10.3. The molecule has 0 aliphatic rings. The van der Waals surface area contributed by atoms with Crippen LogP contribution in [0, 0.1) is 0 Å². The molecule has 31 heavy (non-hydrogen) atoms. The summed E-state index contributed by atoms with van der Waals surface area (Å²) in [5, 5.41) is 4.74. The molecule has 0 radical (unpaired) electrons. The van der Waals surface area contributed by atoms with Crippen LogP contribution in [0.15, 0.2) is 47.4 Å². The predicted octanol–water partition coefficient (Wildman–Crippen LogP) is 4.12. The maximum absolute atomic E-state index is 13.0. The Balaban J connectivity index is 1.85. The molecule has 0 bridgehead atoms. The normalized spacial score (nSPS) is 12.1. The molecule has 0 saturated heterocycles. The molecule has 3 rings (SSSR count). The number of nitrogens with one attached hydrogen (secondary N) is 1. The van der Waals surface area contributed by atoms with Gasteiger partial charge in [-0.15, -0.1) is 0 Å². The summed E-state index contributed by atoms with van der Waals surface area (Å²) < 4.78 is 27.1. The Hall–Kier alpha value is -1.97. The number of fused-ring (bicyclic) bond motifs is 1. The van der Waals surface area contributed by atoms with E-state index in [1.54, 1.807) is 0 Å². The van der Waals surface area contributed by atoms with Crippen LogP contribution in [0.5, 0.6) is 0 Å². The molecule has 1 heterocycles. The van der Waals surface area contributed by atoms with Crippen molar-refractivity contribution >= 4 is 49.9 Å². The van der Waals surface area contributed by atoms with Gasteiger partial charge in [0, 0.05) is 19.0 Å². The quantitative estimate of drug-likeness (QED) is 0.463. The van der Waals surface area contributed by atoms with Gasteiger partial charge in [-0.3, -0.25) is 0 Å². The molecule has 0 fully saturated rings. The molecule has 0 saturated carbocycles. The lowest BCUT2D eigenvalue weighted by atomic mass is 10.2. The van der Waals surface area contributed by atoms with Gasteiger partial charge >= 0.3 is 0 Å². The number of halogens is 2. The van der Waals surface area contributed by atoms with E-state index >= 15 is 0 Å². The first kappa shape index (κ1) is 23.7. The van der Waals surface area contributed by atoms with Crippen molar-refractivity contribution in [3.05, 3.63) is 58.3 Å². The maximum atomic E-state index is 13.0. The van der Waals surface area contributed by atoms with Gasteiger partial charge < -0.3 is 10.2 Å². The van der Waals surface area contributed by atoms with Crippen LogP contribution in [0.2, 0.25) is 10.0 Å². The summed E-state index contributed by atoms with van der Waals surface area (Å²) in [6.45, 7) is 1.71. The topological polar surface area (TPSA) is 78.4 Å². The van der Waals surface area contributed by atoms with Crippen molar-refractivity contribution in [3.63, 3.8) is 0 Å². The van der Waals surface area contributed by atoms with Crippen LogP contribution in [0.1, 0.15) is 12.2 Å². The van der Waals surface area contributed by atoms with E-state index in [0.29, 0.717) is 16.7 Å². The van der Waals surface area contributed by atoms with E-state index in [4.69, 9.17) is 23.2 Å². The van der Waals surface area contributed by atoms with Crippen molar-refractivity contribution in [2.24, 2.45) is 0 Å². The first-order valence-electron chi connectivity index (χ1n) is 9.74. The molecular formula is C21H25Cl2N5O2S. The van der Waals surface area contributed by atoms with E-state index < -0.39 is 10.0 Å². The van der Waals surface area contributed by atoms with Crippen LogP contribution in [0.3, 0.4) is 0 Å². The average molecular weight is 482 g/mol. The van der Waals surface area contributed by atoms with Crippen molar-refractivity contribution in [1.82, 2.24) is 19.2 Å². The third-order valence-corrected chi connectivity index (χ3v) is 7.23. The molecule has 0 atom stereocenters. The highest BCUT2D eigenvalue weighted by atomic mass is 35.5. The first-order chi connectivity index (χ1) is 14.7. The first-order valence-corrected chi connectivity index (χ1v) is 11.9. The molecule has 1 N–H and O–H groups in total. The summed E-state index contributed by atoms with van der Waals surface area (Å²) in [5.41, 5.74) is 0.753. The molecule has 0 amide bonds. The summed E-state index contributed by atoms with van der Waals surface area (Å²) in [6, 6.07) is 11.9. The zero-order valence-electron chi connectivity index (χ0n) is 17.6. The Morgan fingerprint density at radius 2 is 1.74 bits per heavy atom. The Morgan fingerprint density at radius 1 is 1.00 bits per heavy atom. The highest BCUT2D eigenvalue weighted by Gasteiger charge is 2.23. The summed E-state index contributed by atoms with van der Waals surface area (Å²) in [7, 11) is 1.76. The lowest BCUT2D eigenvalue weighted by molar-refractivity contribution is 0.405. The Bertz CT molecular complexity index is 1170. The summed E-state index contributed by atoms with van der Waals surface area (Å²) in [5.74, 6) is 1.10. The predicted molar refractivity (Wildman–Crippen MR) is 126 cm³/mol. The molecule has 0 aliphatic carbocycles. The number of hydrogen-bond acceptors (Lipinski definition) is 6. The minimum atomic E-state index is -3.79. The Labute approximate surface area is 193 Å². The molecule has 7 nitrogen and oxygen atoms in total. The van der Waals surface area contributed by atoms with E-state index in [9.17, 15) is 8.42 Å². The van der Waals surface area contributed by atoms with Crippen LogP contribution < -0.4 is 5.32 Å². The van der Waals surface area contributed by atoms with E-state index in [1.807, 2.05) is 38.4 Å². The van der Waals surface area contributed by atoms with Gasteiger partial charge in [0.25, 0.3) is 0 Å². The third kappa shape index (κ3) is 5.84. The minimum absolute atomic E-state index is 0.0137. The zero-order valence-corrected chi connectivity index (χ0v) is 20.0. The third-order valence-electron chi connectivity index (χ3n) is 4.69. The monoisotopic (exact) mass is 481 g/mol. The fourth-order valence-electron chi connectivity index (χ4n) is 3.03. The van der Waals surface area contributed by atoms with Crippen LogP contribution in [0.25, 0.3) is 10.9 Å². The molecule has 166 valence electrons. The molecule has 3 aromatic rings. The standard InChI is InChI=1S/C21H25Cl2N5O2S/c1-27(2)12-6-11-24-21-16-7-4-5-8-19(16)25-20(26-21)14-28(3)31(29,30)15-9-10-17(22)18(23)13-15/h4-5,7-10,13H,6,11-12,14H2,1-3H3,(H,24,25,26). The van der Waals surface area contributed by atoms with Gasteiger partial charge in [0.15, 0.2) is 0 Å². The number of rotatable bonds is 9. The molecule has 2 aromatic carbocycles. The zero-order chi connectivity index (χ0) is 22.6. The summed E-state index contributed by atoms with van der Waals surface area (Å²) in [6.07, 6.45) is 0.951. The van der Waals surface area contributed by atoms with Crippen molar-refractivity contribution in [2.75, 3.05) is 39.5 Å². The second kappa shape index (κ2) is 10.1. The maximum Gasteiger partial charge on any atom is 0.243 e. The lowest BCUT2D eigenvalue weighted by Crippen LogP contribution is -2.27. The van der Waals surface area contributed by atoms with E-state index in [2.05, 4.69) is 20.2 Å². The second-order valence-electron chi connectivity index (χ2n) is 7.43. The SMILES string of the molecule is CN(C)CCCNc1nc(CN(C)S(=O)(=O)c2ccc(Cl)c(Cl)c2)nc2ccccc12. The van der Waals surface area contributed by atoms with Crippen molar-refractivity contribution in [2.45, 2.75) is 17.9 Å². The van der Waals surface area contributed by atoms with Gasteiger partial charge in [-0.1, -0.05) is 35.3 Å². The number of para-hydroxylation sites is 1. The van der Waals surface area contributed by atoms with Gasteiger partial charge in [0.1, 0.15) is 11.6 Å². The fourth-order valence-corrected chi connectivity index (χ4v) is 4.55. The highest BCUT2D eigenvalue weighted by Crippen LogP contribution is 2.27. The number of sulfonamides is 1. The van der Waals surface area contributed by atoms with Crippen molar-refractivity contribution in [1.29, 1.82) is 0 Å². The summed E-state index contributed by atoms with van der Waals surface area (Å²) in [4.78, 5) is 11.3. The van der Waals surface area contributed by atoms with Crippen LogP contribution in [0.4, 0.5) is 5.82 Å². The van der Waals surface area contributed by atoms with E-state index in [1.165, 1.54) is 29.6 Å². The minimum Gasteiger partial charge on any atom is -0.369 e.